The summed E-state index contributed by atoms with van der Waals surface area (Å²) < 4.78 is 0. The lowest BCUT2D eigenvalue weighted by molar-refractivity contribution is 0.203. The van der Waals surface area contributed by atoms with Gasteiger partial charge in [0.05, 0.1) is 6.10 Å². The fourth-order valence-electron chi connectivity index (χ4n) is 1.90. The van der Waals surface area contributed by atoms with Crippen molar-refractivity contribution in [2.45, 2.75) is 24.8 Å². The van der Waals surface area contributed by atoms with Crippen LogP contribution in [-0.4, -0.2) is 10.9 Å². The van der Waals surface area contributed by atoms with Gasteiger partial charge in [-0.25, -0.2) is 0 Å². The Labute approximate surface area is 113 Å². The van der Waals surface area contributed by atoms with Crippen molar-refractivity contribution in [1.82, 2.24) is 0 Å². The third-order valence-corrected chi connectivity index (χ3v) is 4.03. The van der Waals surface area contributed by atoms with Gasteiger partial charge in [-0.1, -0.05) is 42.0 Å². The van der Waals surface area contributed by atoms with Crippen molar-refractivity contribution in [2.24, 2.45) is 0 Å². The van der Waals surface area contributed by atoms with Gasteiger partial charge in [-0.3, -0.25) is 0 Å². The largest absolute Gasteiger partial charge is 0.388 e. The quantitative estimate of drug-likeness (QED) is 0.832. The minimum absolute atomic E-state index is 0.407. The minimum Gasteiger partial charge on any atom is -0.388 e. The van der Waals surface area contributed by atoms with Crippen molar-refractivity contribution >= 4 is 11.8 Å². The third kappa shape index (κ3) is 3.37. The fourth-order valence-corrected chi connectivity index (χ4v) is 2.78. The summed E-state index contributed by atoms with van der Waals surface area (Å²) in [6.45, 7) is 4.10. The van der Waals surface area contributed by atoms with Crippen molar-refractivity contribution < 1.29 is 5.11 Å². The van der Waals surface area contributed by atoms with E-state index < -0.39 is 6.10 Å². The van der Waals surface area contributed by atoms with Gasteiger partial charge in [0.1, 0.15) is 0 Å². The van der Waals surface area contributed by atoms with Crippen LogP contribution in [0, 0.1) is 13.8 Å². The number of thioether (sulfide) groups is 1. The summed E-state index contributed by atoms with van der Waals surface area (Å²) in [5.74, 6) is 0.689. The first-order valence-electron chi connectivity index (χ1n) is 6.10. The minimum atomic E-state index is -0.407. The first-order valence-corrected chi connectivity index (χ1v) is 7.08. The van der Waals surface area contributed by atoms with Crippen LogP contribution in [0.4, 0.5) is 0 Å². The zero-order valence-electron chi connectivity index (χ0n) is 10.8. The number of rotatable bonds is 4. The molecule has 0 saturated heterocycles. The van der Waals surface area contributed by atoms with Gasteiger partial charge in [-0.15, -0.1) is 11.8 Å². The number of benzene rings is 2. The van der Waals surface area contributed by atoms with Gasteiger partial charge in [0.2, 0.25) is 0 Å². The van der Waals surface area contributed by atoms with Gasteiger partial charge in [0, 0.05) is 10.6 Å². The Kier molecular flexibility index (Phi) is 4.45. The third-order valence-electron chi connectivity index (χ3n) is 2.94. The molecule has 0 aliphatic carbocycles. The monoisotopic (exact) mass is 258 g/mol. The predicted molar refractivity (Wildman–Crippen MR) is 78.0 cm³/mol. The lowest BCUT2D eigenvalue weighted by atomic mass is 10.0. The second-order valence-corrected chi connectivity index (χ2v) is 5.59. The van der Waals surface area contributed by atoms with Crippen LogP contribution in [-0.2, 0) is 0 Å². The van der Waals surface area contributed by atoms with Crippen molar-refractivity contribution in [3.05, 3.63) is 65.2 Å². The lowest BCUT2D eigenvalue weighted by Crippen LogP contribution is -2.03. The maximum absolute atomic E-state index is 10.3. The molecule has 1 N–H and O–H groups in total. The molecule has 18 heavy (non-hydrogen) atoms. The summed E-state index contributed by atoms with van der Waals surface area (Å²) in [5, 5.41) is 10.3. The summed E-state index contributed by atoms with van der Waals surface area (Å²) in [6.07, 6.45) is -0.407. The first kappa shape index (κ1) is 13.2. The molecule has 0 heterocycles. The Hall–Kier alpha value is -1.25. The molecule has 0 radical (unpaired) electrons. The lowest BCUT2D eigenvalue weighted by Gasteiger charge is -2.14. The van der Waals surface area contributed by atoms with E-state index in [4.69, 9.17) is 0 Å². The molecule has 2 aromatic carbocycles. The van der Waals surface area contributed by atoms with E-state index in [1.165, 1.54) is 10.5 Å². The molecule has 94 valence electrons. The molecule has 2 aromatic rings. The van der Waals surface area contributed by atoms with Gasteiger partial charge in [-0.05, 0) is 37.1 Å². The highest BCUT2D eigenvalue weighted by Crippen LogP contribution is 2.26. The molecule has 0 aliphatic heterocycles. The summed E-state index contributed by atoms with van der Waals surface area (Å²) >= 11 is 1.69. The molecule has 0 amide bonds. The average molecular weight is 258 g/mol. The predicted octanol–water partition coefficient (Wildman–Crippen LogP) is 4.13. The first-order chi connectivity index (χ1) is 8.66. The van der Waals surface area contributed by atoms with Crippen LogP contribution in [0.1, 0.15) is 22.8 Å². The summed E-state index contributed by atoms with van der Waals surface area (Å²) in [4.78, 5) is 1.20. The molecular formula is C16H18OS. The highest BCUT2D eigenvalue weighted by molar-refractivity contribution is 7.99. The molecular weight excluding hydrogens is 240 g/mol. The summed E-state index contributed by atoms with van der Waals surface area (Å²) in [5.41, 5.74) is 3.39. The maximum Gasteiger partial charge on any atom is 0.0886 e. The summed E-state index contributed by atoms with van der Waals surface area (Å²) in [6, 6.07) is 16.4. The van der Waals surface area contributed by atoms with Gasteiger partial charge in [0.15, 0.2) is 0 Å². The van der Waals surface area contributed by atoms with Crippen LogP contribution in [0.15, 0.2) is 53.4 Å². The van der Waals surface area contributed by atoms with Crippen LogP contribution in [0.25, 0.3) is 0 Å². The van der Waals surface area contributed by atoms with Crippen molar-refractivity contribution in [1.29, 1.82) is 0 Å². The molecule has 0 aliphatic rings. The van der Waals surface area contributed by atoms with E-state index in [9.17, 15) is 5.11 Å². The number of aliphatic hydroxyl groups is 1. The van der Waals surface area contributed by atoms with Crippen LogP contribution < -0.4 is 0 Å². The molecule has 2 heteroatoms. The van der Waals surface area contributed by atoms with E-state index in [-0.39, 0.29) is 0 Å². The number of aliphatic hydroxyl groups excluding tert-OH is 1. The maximum atomic E-state index is 10.3. The van der Waals surface area contributed by atoms with Crippen LogP contribution >= 0.6 is 11.8 Å². The Balaban J connectivity index is 2.03. The number of hydrogen-bond acceptors (Lipinski definition) is 2. The van der Waals surface area contributed by atoms with E-state index in [1.54, 1.807) is 11.8 Å². The molecule has 0 bridgehead atoms. The van der Waals surface area contributed by atoms with E-state index in [0.29, 0.717) is 5.75 Å². The smallest absolute Gasteiger partial charge is 0.0886 e. The molecule has 0 fully saturated rings. The molecule has 0 saturated carbocycles. The van der Waals surface area contributed by atoms with Crippen LogP contribution in [0.5, 0.6) is 0 Å². The average Bonchev–Trinajstić information content (AvgIpc) is 2.40. The SMILES string of the molecule is Cc1ccc(C)c(C(O)CSc2ccccc2)c1. The fraction of sp³-hybridized carbons (Fsp3) is 0.250. The molecule has 1 unspecified atom stereocenters. The standard InChI is InChI=1S/C16H18OS/c1-12-8-9-13(2)15(10-12)16(17)11-18-14-6-4-3-5-7-14/h3-10,16-17H,11H2,1-2H3. The van der Waals surface area contributed by atoms with E-state index >= 15 is 0 Å². The molecule has 1 nitrogen and oxygen atoms in total. The topological polar surface area (TPSA) is 20.2 Å². The normalized spacial score (nSPS) is 12.4. The van der Waals surface area contributed by atoms with Gasteiger partial charge < -0.3 is 5.11 Å². The van der Waals surface area contributed by atoms with Gasteiger partial charge in [0.25, 0.3) is 0 Å². The number of aryl methyl sites for hydroxylation is 2. The molecule has 1 atom stereocenters. The van der Waals surface area contributed by atoms with Crippen LogP contribution in [0.3, 0.4) is 0 Å². The second-order valence-electron chi connectivity index (χ2n) is 4.50. The Morgan fingerprint density at radius 1 is 1.06 bits per heavy atom. The Morgan fingerprint density at radius 3 is 2.50 bits per heavy atom. The van der Waals surface area contributed by atoms with Gasteiger partial charge >= 0.3 is 0 Å². The molecule has 0 aromatic heterocycles. The highest BCUT2D eigenvalue weighted by Gasteiger charge is 2.11. The van der Waals surface area contributed by atoms with Crippen LogP contribution in [0.2, 0.25) is 0 Å². The Morgan fingerprint density at radius 2 is 1.78 bits per heavy atom. The number of hydrogen-bond donors (Lipinski definition) is 1. The summed E-state index contributed by atoms with van der Waals surface area (Å²) in [7, 11) is 0. The van der Waals surface area contributed by atoms with E-state index in [2.05, 4.69) is 37.3 Å². The van der Waals surface area contributed by atoms with Gasteiger partial charge in [-0.2, -0.15) is 0 Å². The van der Waals surface area contributed by atoms with E-state index in [0.717, 1.165) is 11.1 Å². The Bertz CT molecular complexity index is 508. The van der Waals surface area contributed by atoms with Crippen molar-refractivity contribution in [3.8, 4) is 0 Å². The molecule has 2 rings (SSSR count). The highest BCUT2D eigenvalue weighted by atomic mass is 32.2. The zero-order chi connectivity index (χ0) is 13.0. The molecule has 0 spiro atoms. The zero-order valence-corrected chi connectivity index (χ0v) is 11.6. The van der Waals surface area contributed by atoms with Crippen molar-refractivity contribution in [2.75, 3.05) is 5.75 Å². The van der Waals surface area contributed by atoms with E-state index in [1.807, 2.05) is 25.1 Å². The second kappa shape index (κ2) is 6.07. The van der Waals surface area contributed by atoms with Crippen molar-refractivity contribution in [3.63, 3.8) is 0 Å².